The van der Waals surface area contributed by atoms with E-state index in [-0.39, 0.29) is 11.1 Å². The third-order valence-corrected chi connectivity index (χ3v) is 3.83. The molecule has 4 nitrogen and oxygen atoms in total. The molecule has 1 aromatic carbocycles. The number of benzene rings is 1. The lowest BCUT2D eigenvalue weighted by Gasteiger charge is -2.26. The van der Waals surface area contributed by atoms with Gasteiger partial charge in [0.2, 0.25) is 11.2 Å². The van der Waals surface area contributed by atoms with Crippen LogP contribution in [0, 0.1) is 12.7 Å². The Morgan fingerprint density at radius 3 is 2.57 bits per heavy atom. The molecule has 1 aromatic heterocycles. The van der Waals surface area contributed by atoms with Crippen LogP contribution in [0.3, 0.4) is 0 Å². The van der Waals surface area contributed by atoms with Crippen LogP contribution in [0.5, 0.6) is 0 Å². The van der Waals surface area contributed by atoms with Crippen LogP contribution in [0.4, 0.5) is 10.3 Å². The average molecular weight is 307 g/mol. The molecule has 0 atom stereocenters. The van der Waals surface area contributed by atoms with E-state index in [0.29, 0.717) is 11.8 Å². The number of piperidine rings is 1. The second-order valence-corrected chi connectivity index (χ2v) is 5.57. The number of rotatable bonds is 2. The number of aryl methyl sites for hydroxylation is 1. The zero-order valence-electron chi connectivity index (χ0n) is 11.8. The zero-order valence-corrected chi connectivity index (χ0v) is 12.6. The lowest BCUT2D eigenvalue weighted by molar-refractivity contribution is 0.567. The molecule has 3 rings (SSSR count). The SMILES string of the molecule is Cc1cc(F)ccc1-c1nc(Cl)nc(N2CCCCC2)n1. The van der Waals surface area contributed by atoms with Crippen LogP contribution >= 0.6 is 11.6 Å². The van der Waals surface area contributed by atoms with Gasteiger partial charge in [0.1, 0.15) is 5.82 Å². The van der Waals surface area contributed by atoms with Gasteiger partial charge in [0.05, 0.1) is 0 Å². The molecule has 0 aliphatic carbocycles. The van der Waals surface area contributed by atoms with Gasteiger partial charge in [0, 0.05) is 18.7 Å². The summed E-state index contributed by atoms with van der Waals surface area (Å²) in [5.74, 6) is 0.828. The van der Waals surface area contributed by atoms with Gasteiger partial charge >= 0.3 is 0 Å². The van der Waals surface area contributed by atoms with Gasteiger partial charge < -0.3 is 4.90 Å². The second-order valence-electron chi connectivity index (χ2n) is 5.23. The molecule has 6 heteroatoms. The van der Waals surface area contributed by atoms with Crippen molar-refractivity contribution in [2.75, 3.05) is 18.0 Å². The lowest BCUT2D eigenvalue weighted by Crippen LogP contribution is -2.31. The maximum Gasteiger partial charge on any atom is 0.230 e. The maximum atomic E-state index is 13.2. The third kappa shape index (κ3) is 3.13. The molecule has 2 aromatic rings. The van der Waals surface area contributed by atoms with Crippen LogP contribution in [-0.2, 0) is 0 Å². The van der Waals surface area contributed by atoms with Gasteiger partial charge in [-0.1, -0.05) is 0 Å². The Bertz CT molecular complexity index is 656. The Labute approximate surface area is 128 Å². The molecule has 0 bridgehead atoms. The van der Waals surface area contributed by atoms with Crippen molar-refractivity contribution in [1.82, 2.24) is 15.0 Å². The van der Waals surface area contributed by atoms with Crippen molar-refractivity contribution in [3.05, 3.63) is 34.9 Å². The van der Waals surface area contributed by atoms with Gasteiger partial charge in [0.15, 0.2) is 5.82 Å². The van der Waals surface area contributed by atoms with Crippen LogP contribution in [0.1, 0.15) is 24.8 Å². The first-order valence-corrected chi connectivity index (χ1v) is 7.44. The summed E-state index contributed by atoms with van der Waals surface area (Å²) in [7, 11) is 0. The molecule has 0 radical (unpaired) electrons. The summed E-state index contributed by atoms with van der Waals surface area (Å²) in [6.07, 6.45) is 3.50. The fraction of sp³-hybridized carbons (Fsp3) is 0.400. The van der Waals surface area contributed by atoms with Gasteiger partial charge in [-0.3, -0.25) is 0 Å². The number of halogens is 2. The highest BCUT2D eigenvalue weighted by Gasteiger charge is 2.17. The molecular formula is C15H16ClFN4. The summed E-state index contributed by atoms with van der Waals surface area (Å²) >= 11 is 6.04. The van der Waals surface area contributed by atoms with E-state index in [1.54, 1.807) is 6.07 Å². The minimum Gasteiger partial charge on any atom is -0.341 e. The Morgan fingerprint density at radius 2 is 1.86 bits per heavy atom. The first-order chi connectivity index (χ1) is 10.1. The van der Waals surface area contributed by atoms with Crippen molar-refractivity contribution in [3.63, 3.8) is 0 Å². The average Bonchev–Trinajstić information content (AvgIpc) is 2.47. The quantitative estimate of drug-likeness (QED) is 0.849. The van der Waals surface area contributed by atoms with E-state index in [1.807, 2.05) is 6.92 Å². The molecule has 0 unspecified atom stereocenters. The van der Waals surface area contributed by atoms with Gasteiger partial charge in [-0.2, -0.15) is 15.0 Å². The Morgan fingerprint density at radius 1 is 1.10 bits per heavy atom. The largest absolute Gasteiger partial charge is 0.341 e. The van der Waals surface area contributed by atoms with Crippen molar-refractivity contribution >= 4 is 17.5 Å². The van der Waals surface area contributed by atoms with Crippen LogP contribution in [-0.4, -0.2) is 28.0 Å². The predicted octanol–water partition coefficient (Wildman–Crippen LogP) is 3.63. The van der Waals surface area contributed by atoms with Crippen molar-refractivity contribution in [1.29, 1.82) is 0 Å². The first kappa shape index (κ1) is 14.2. The topological polar surface area (TPSA) is 41.9 Å². The van der Waals surface area contributed by atoms with Gasteiger partial charge in [0.25, 0.3) is 0 Å². The number of anilines is 1. The second kappa shape index (κ2) is 5.93. The van der Waals surface area contributed by atoms with E-state index in [4.69, 9.17) is 11.6 Å². The van der Waals surface area contributed by atoms with E-state index in [2.05, 4.69) is 19.9 Å². The van der Waals surface area contributed by atoms with Gasteiger partial charge in [-0.15, -0.1) is 0 Å². The van der Waals surface area contributed by atoms with Crippen molar-refractivity contribution in [2.24, 2.45) is 0 Å². The molecule has 1 fully saturated rings. The highest BCUT2D eigenvalue weighted by atomic mass is 35.5. The highest BCUT2D eigenvalue weighted by Crippen LogP contribution is 2.24. The predicted molar refractivity (Wildman–Crippen MR) is 81.0 cm³/mol. The number of nitrogens with zero attached hydrogens (tertiary/aromatic N) is 4. The minimum atomic E-state index is -0.271. The molecule has 0 amide bonds. The van der Waals surface area contributed by atoms with E-state index < -0.39 is 0 Å². The Kier molecular flexibility index (Phi) is 4.01. The highest BCUT2D eigenvalue weighted by molar-refractivity contribution is 6.28. The van der Waals surface area contributed by atoms with Gasteiger partial charge in [-0.25, -0.2) is 4.39 Å². The monoisotopic (exact) mass is 306 g/mol. The number of hydrogen-bond acceptors (Lipinski definition) is 4. The van der Waals surface area contributed by atoms with Crippen molar-refractivity contribution < 1.29 is 4.39 Å². The third-order valence-electron chi connectivity index (χ3n) is 3.66. The summed E-state index contributed by atoms with van der Waals surface area (Å²) < 4.78 is 13.2. The van der Waals surface area contributed by atoms with Gasteiger partial charge in [-0.05, 0) is 61.5 Å². The molecule has 0 saturated carbocycles. The van der Waals surface area contributed by atoms with Crippen LogP contribution in [0.15, 0.2) is 18.2 Å². The molecule has 21 heavy (non-hydrogen) atoms. The fourth-order valence-electron chi connectivity index (χ4n) is 2.57. The van der Waals surface area contributed by atoms with E-state index in [0.717, 1.165) is 37.1 Å². The Hall–Kier alpha value is -1.75. The standard InChI is InChI=1S/C15H16ClFN4/c1-10-9-11(17)5-6-12(10)13-18-14(16)20-15(19-13)21-7-3-2-4-8-21/h5-6,9H,2-4,7-8H2,1H3. The fourth-order valence-corrected chi connectivity index (χ4v) is 2.73. The smallest absolute Gasteiger partial charge is 0.230 e. The lowest BCUT2D eigenvalue weighted by atomic mass is 10.1. The summed E-state index contributed by atoms with van der Waals surface area (Å²) in [4.78, 5) is 15.0. The number of hydrogen-bond donors (Lipinski definition) is 0. The van der Waals surface area contributed by atoms with Crippen molar-refractivity contribution in [2.45, 2.75) is 26.2 Å². The molecule has 0 N–H and O–H groups in total. The van der Waals surface area contributed by atoms with E-state index in [9.17, 15) is 4.39 Å². The normalized spacial score (nSPS) is 15.3. The van der Waals surface area contributed by atoms with Crippen LogP contribution in [0.2, 0.25) is 5.28 Å². The minimum absolute atomic E-state index is 0.171. The molecule has 110 valence electrons. The molecule has 2 heterocycles. The Balaban J connectivity index is 2.00. The van der Waals surface area contributed by atoms with Crippen LogP contribution in [0.25, 0.3) is 11.4 Å². The maximum absolute atomic E-state index is 13.2. The van der Waals surface area contributed by atoms with E-state index in [1.165, 1.54) is 18.6 Å². The summed E-state index contributed by atoms with van der Waals surface area (Å²) in [5, 5.41) is 0.171. The molecule has 1 aliphatic heterocycles. The molecular weight excluding hydrogens is 291 g/mol. The molecule has 1 aliphatic rings. The molecule has 1 saturated heterocycles. The molecule has 0 spiro atoms. The summed E-state index contributed by atoms with van der Waals surface area (Å²) in [6, 6.07) is 4.55. The summed E-state index contributed by atoms with van der Waals surface area (Å²) in [6.45, 7) is 3.70. The zero-order chi connectivity index (χ0) is 14.8. The van der Waals surface area contributed by atoms with Crippen molar-refractivity contribution in [3.8, 4) is 11.4 Å². The summed E-state index contributed by atoms with van der Waals surface area (Å²) in [5.41, 5.74) is 1.56. The van der Waals surface area contributed by atoms with E-state index >= 15 is 0 Å². The first-order valence-electron chi connectivity index (χ1n) is 7.06. The van der Waals surface area contributed by atoms with Crippen LogP contribution < -0.4 is 4.90 Å². The number of aromatic nitrogens is 3.